The predicted octanol–water partition coefficient (Wildman–Crippen LogP) is 5.58. The van der Waals surface area contributed by atoms with Crippen molar-refractivity contribution in [1.82, 2.24) is 0 Å². The molecule has 3 N–H and O–H groups in total. The third-order valence-corrected chi connectivity index (χ3v) is 6.23. The number of hydrogen-bond donors (Lipinski definition) is 3. The highest BCUT2D eigenvalue weighted by Gasteiger charge is 2.32. The summed E-state index contributed by atoms with van der Waals surface area (Å²) in [5.74, 6) is -1.87. The van der Waals surface area contributed by atoms with Crippen molar-refractivity contribution >= 4 is 35.2 Å². The van der Waals surface area contributed by atoms with Gasteiger partial charge in [-0.05, 0) is 42.4 Å². The molecule has 0 aromatic heterocycles. The number of rotatable bonds is 3. The van der Waals surface area contributed by atoms with Crippen molar-refractivity contribution in [2.75, 3.05) is 0 Å². The zero-order valence-corrected chi connectivity index (χ0v) is 19.9. The van der Waals surface area contributed by atoms with Crippen molar-refractivity contribution in [3.8, 4) is 11.3 Å². The zero-order valence-electron chi connectivity index (χ0n) is 19.1. The molecule has 8 heteroatoms. The van der Waals surface area contributed by atoms with E-state index in [0.29, 0.717) is 28.0 Å². The van der Waals surface area contributed by atoms with Gasteiger partial charge in [-0.1, -0.05) is 54.6 Å². The van der Waals surface area contributed by atoms with Crippen LogP contribution in [0.4, 0.5) is 0 Å². The molecule has 182 valence electrons. The van der Waals surface area contributed by atoms with E-state index in [9.17, 15) is 29.7 Å². The van der Waals surface area contributed by atoms with Crippen molar-refractivity contribution in [1.29, 1.82) is 0 Å². The summed E-state index contributed by atoms with van der Waals surface area (Å²) >= 11 is 6.17. The van der Waals surface area contributed by atoms with Crippen LogP contribution in [0.2, 0.25) is 5.02 Å². The maximum atomic E-state index is 12.3. The van der Waals surface area contributed by atoms with E-state index in [1.165, 1.54) is 55.5 Å². The maximum Gasteiger partial charge on any atom is 0.336 e. The van der Waals surface area contributed by atoms with Crippen LogP contribution in [0.1, 0.15) is 23.8 Å². The Morgan fingerprint density at radius 1 is 1.08 bits per heavy atom. The van der Waals surface area contributed by atoms with Crippen LogP contribution < -0.4 is 5.43 Å². The Bertz CT molecular complexity index is 1530. The van der Waals surface area contributed by atoms with Gasteiger partial charge in [0.2, 0.25) is 5.43 Å². The van der Waals surface area contributed by atoms with Crippen LogP contribution in [0.5, 0.6) is 0 Å². The minimum atomic E-state index is -1.45. The minimum absolute atomic E-state index is 0.0107. The topological polar surface area (TPSA) is 125 Å². The Kier molecular flexibility index (Phi) is 6.43. The van der Waals surface area contributed by atoms with Crippen molar-refractivity contribution in [3.63, 3.8) is 0 Å². The zero-order chi connectivity index (χ0) is 26.2. The van der Waals surface area contributed by atoms with Crippen LogP contribution in [0.15, 0.2) is 93.4 Å². The van der Waals surface area contributed by atoms with E-state index in [1.54, 1.807) is 18.2 Å². The highest BCUT2D eigenvalue weighted by Crippen LogP contribution is 2.41. The fraction of sp³-hybridized carbons (Fsp3) is 0.107. The van der Waals surface area contributed by atoms with Crippen molar-refractivity contribution in [2.45, 2.75) is 13.3 Å². The Hall–Kier alpha value is -4.36. The number of carbonyl (C=O) groups is 2. The molecule has 0 amide bonds. The van der Waals surface area contributed by atoms with Crippen LogP contribution in [0.25, 0.3) is 23.0 Å². The number of benzene rings is 1. The molecule has 36 heavy (non-hydrogen) atoms. The fourth-order valence-corrected chi connectivity index (χ4v) is 4.13. The first-order chi connectivity index (χ1) is 17.0. The summed E-state index contributed by atoms with van der Waals surface area (Å²) in [7, 11) is 0. The molecule has 1 heterocycles. The second kappa shape index (κ2) is 9.36. The van der Waals surface area contributed by atoms with E-state index in [-0.39, 0.29) is 34.1 Å². The van der Waals surface area contributed by atoms with Crippen LogP contribution in [-0.2, 0) is 16.0 Å². The predicted molar refractivity (Wildman–Crippen MR) is 137 cm³/mol. The largest absolute Gasteiger partial charge is 0.508 e. The first kappa shape index (κ1) is 24.8. The molecule has 4 aliphatic rings. The van der Waals surface area contributed by atoms with Gasteiger partial charge in [-0.2, -0.15) is 0 Å². The maximum absolute atomic E-state index is 12.3. The number of aliphatic hydroxyl groups excluding tert-OH is 1. The number of halogens is 1. The minimum Gasteiger partial charge on any atom is -0.508 e. The molecular formula is C28H21ClO7. The van der Waals surface area contributed by atoms with Crippen molar-refractivity contribution in [2.24, 2.45) is 5.41 Å². The highest BCUT2D eigenvalue weighted by molar-refractivity contribution is 6.31. The van der Waals surface area contributed by atoms with Crippen molar-refractivity contribution in [3.05, 3.63) is 116 Å². The first-order valence-electron chi connectivity index (χ1n) is 10.8. The second-order valence-corrected chi connectivity index (χ2v) is 8.97. The molecule has 1 atom stereocenters. The summed E-state index contributed by atoms with van der Waals surface area (Å²) in [5, 5.41) is 29.7. The van der Waals surface area contributed by atoms with Crippen LogP contribution in [0, 0.1) is 5.41 Å². The van der Waals surface area contributed by atoms with Gasteiger partial charge in [0, 0.05) is 29.2 Å². The molecule has 0 bridgehead atoms. The summed E-state index contributed by atoms with van der Waals surface area (Å²) in [6.45, 7) is 5.35. The van der Waals surface area contributed by atoms with Crippen molar-refractivity contribution < 1.29 is 29.3 Å². The van der Waals surface area contributed by atoms with E-state index in [0.717, 1.165) is 0 Å². The molecule has 0 saturated heterocycles. The van der Waals surface area contributed by atoms with Gasteiger partial charge >= 0.3 is 11.9 Å². The molecule has 3 aliphatic carbocycles. The monoisotopic (exact) mass is 504 g/mol. The average Bonchev–Trinajstić information content (AvgIpc) is 2.98. The van der Waals surface area contributed by atoms with Crippen LogP contribution in [-0.4, -0.2) is 27.3 Å². The Morgan fingerprint density at radius 2 is 1.81 bits per heavy atom. The molecule has 1 aliphatic heterocycles. The van der Waals surface area contributed by atoms with Crippen LogP contribution >= 0.6 is 11.6 Å². The Balaban J connectivity index is 2.15. The SMILES string of the molecule is C=C1/C=C\c2c(oc3cc(=O)c(Cl)cc-3c2C2=C(C(=O)O)C=CC(C)(C(=O)O)C=C2)C/C=C\C(O)=C/1. The Morgan fingerprint density at radius 3 is 2.50 bits per heavy atom. The molecular weight excluding hydrogens is 484 g/mol. The van der Waals surface area contributed by atoms with E-state index >= 15 is 0 Å². The third-order valence-electron chi connectivity index (χ3n) is 5.94. The van der Waals surface area contributed by atoms with Gasteiger partial charge in [0.05, 0.1) is 10.6 Å². The first-order valence-corrected chi connectivity index (χ1v) is 11.2. The smallest absolute Gasteiger partial charge is 0.336 e. The van der Waals surface area contributed by atoms with E-state index < -0.39 is 22.8 Å². The van der Waals surface area contributed by atoms with Gasteiger partial charge in [-0.25, -0.2) is 4.79 Å². The lowest BCUT2D eigenvalue weighted by Crippen LogP contribution is -2.22. The number of carboxylic acid groups (broad SMARTS) is 2. The van der Waals surface area contributed by atoms with Gasteiger partial charge in [0.1, 0.15) is 22.7 Å². The summed E-state index contributed by atoms with van der Waals surface area (Å²) < 4.78 is 6.06. The fourth-order valence-electron chi connectivity index (χ4n) is 3.96. The van der Waals surface area contributed by atoms with Gasteiger partial charge in [-0.15, -0.1) is 0 Å². The number of fused-ring (bicyclic) bond motifs is 2. The van der Waals surface area contributed by atoms with E-state index in [4.69, 9.17) is 16.0 Å². The summed E-state index contributed by atoms with van der Waals surface area (Å²) in [4.78, 5) is 36.6. The summed E-state index contributed by atoms with van der Waals surface area (Å²) in [5.41, 5.74) is -0.131. The standard InChI is InChI=1S/C28H21ClO7/c1-15-6-7-19-23(5-3-4-16(30)12-15)36-24-14-22(31)21(29)13-20(24)25(19)17-8-10-28(2,27(34)35)11-9-18(17)26(32)33/h3-4,6-14,30H,1,5H2,2H3,(H,32,33)(H,34,35)/b4-3-,7-6-,16-12+. The molecule has 0 fully saturated rings. The number of carboxylic acids is 2. The van der Waals surface area contributed by atoms with Gasteiger partial charge in [0.25, 0.3) is 0 Å². The molecule has 1 unspecified atom stereocenters. The third kappa shape index (κ3) is 4.61. The highest BCUT2D eigenvalue weighted by atomic mass is 35.5. The molecule has 4 rings (SSSR count). The van der Waals surface area contributed by atoms with Gasteiger partial charge in [-0.3, -0.25) is 9.59 Å². The molecule has 0 aromatic carbocycles. The Labute approximate surface area is 211 Å². The number of aliphatic hydroxyl groups is 1. The molecule has 0 aromatic rings. The van der Waals surface area contributed by atoms with Crippen LogP contribution in [0.3, 0.4) is 0 Å². The molecule has 0 saturated carbocycles. The van der Waals surface area contributed by atoms with E-state index in [2.05, 4.69) is 6.58 Å². The second-order valence-electron chi connectivity index (χ2n) is 8.56. The number of hydrogen-bond acceptors (Lipinski definition) is 5. The normalized spacial score (nSPS) is 22.9. The lowest BCUT2D eigenvalue weighted by Gasteiger charge is -2.20. The number of allylic oxidation sites excluding steroid dienone is 7. The summed E-state index contributed by atoms with van der Waals surface area (Å²) in [6, 6.07) is 2.63. The summed E-state index contributed by atoms with van der Waals surface area (Å²) in [6.07, 6.45) is 13.5. The van der Waals surface area contributed by atoms with E-state index in [1.807, 2.05) is 0 Å². The van der Waals surface area contributed by atoms with Gasteiger partial charge < -0.3 is 19.7 Å². The molecule has 0 spiro atoms. The number of aliphatic carboxylic acids is 2. The lowest BCUT2D eigenvalue weighted by atomic mass is 9.87. The average molecular weight is 505 g/mol. The van der Waals surface area contributed by atoms with Gasteiger partial charge in [0.15, 0.2) is 0 Å². The molecule has 7 nitrogen and oxygen atoms in total. The quantitative estimate of drug-likeness (QED) is 0.498. The lowest BCUT2D eigenvalue weighted by molar-refractivity contribution is -0.143. The molecule has 0 radical (unpaired) electrons.